The molecule has 1 aliphatic rings. The first-order valence-corrected chi connectivity index (χ1v) is 16.1. The predicted molar refractivity (Wildman–Crippen MR) is 181 cm³/mol. The quantitative estimate of drug-likeness (QED) is 0.0828. The molecule has 1 atom stereocenters. The average Bonchev–Trinajstić information content (AvgIpc) is 3.28. The maximum absolute atomic E-state index is 14.7. The molecule has 0 fully saturated rings. The highest BCUT2D eigenvalue weighted by molar-refractivity contribution is 7.98. The summed E-state index contributed by atoms with van der Waals surface area (Å²) < 4.78 is 149. The van der Waals surface area contributed by atoms with E-state index in [1.807, 2.05) is 18.7 Å². The zero-order valence-corrected chi connectivity index (χ0v) is 27.2. The molecule has 254 valence electrons. The molecule has 0 saturated carbocycles. The molecule has 0 spiro atoms. The minimum absolute atomic E-state index is 0.0958. The molecule has 0 aliphatic heterocycles. The van der Waals surface area contributed by atoms with Gasteiger partial charge in [-0.1, -0.05) is 81.0 Å². The monoisotopic (exact) mass is 691 g/mol. The third-order valence-electron chi connectivity index (χ3n) is 7.62. The van der Waals surface area contributed by atoms with Gasteiger partial charge in [-0.05, 0) is 78.2 Å². The summed E-state index contributed by atoms with van der Waals surface area (Å²) in [5.41, 5.74) is -3.03. The fourth-order valence-electron chi connectivity index (χ4n) is 4.96. The van der Waals surface area contributed by atoms with Crippen molar-refractivity contribution < 1.29 is 37.4 Å². The van der Waals surface area contributed by atoms with Gasteiger partial charge < -0.3 is 14.4 Å². The van der Waals surface area contributed by atoms with E-state index >= 15 is 0 Å². The number of carbonyl (C=O) groups excluding carboxylic acids is 1. The van der Waals surface area contributed by atoms with E-state index in [-0.39, 0.29) is 25.2 Å². The van der Waals surface area contributed by atoms with E-state index < -0.39 is 100 Å². The smallest absolute Gasteiger partial charge is 0.336 e. The van der Waals surface area contributed by atoms with Gasteiger partial charge in [-0.15, -0.1) is 0 Å². The van der Waals surface area contributed by atoms with E-state index in [4.69, 9.17) is 12.3 Å². The number of hydrogen-bond acceptors (Lipinski definition) is 5. The van der Waals surface area contributed by atoms with Crippen molar-refractivity contribution >= 4 is 17.7 Å². The van der Waals surface area contributed by atoms with Crippen LogP contribution in [-0.4, -0.2) is 51.4 Å². The van der Waals surface area contributed by atoms with Crippen molar-refractivity contribution in [2.45, 2.75) is 63.6 Å². The first kappa shape index (κ1) is 23.4. The van der Waals surface area contributed by atoms with Crippen LogP contribution < -0.4 is 5.56 Å². The van der Waals surface area contributed by atoms with Crippen LogP contribution in [0, 0.1) is 11.7 Å². The molecule has 0 bridgehead atoms. The van der Waals surface area contributed by atoms with Crippen molar-refractivity contribution in [2.75, 3.05) is 26.2 Å². The van der Waals surface area contributed by atoms with Crippen LogP contribution in [0.2, 0.25) is 0 Å². The standard InChI is InChI=1S/C37H40F4N4O2S/c1-4-43(5-2)18-19-44(22-26-6-10-28(11-7-26)29-12-14-30(15-13-29)37(39,40)41)34(46)23-45-33-21-25(3)20-32(33)35(47)42-36(45)48-24-27-8-16-31(38)17-9-27/h6-17,25H,4-5,18-24H2,1-3H3/i8D,9D,16D,17D,20D2,21D2,23D2,25D. The Balaban J connectivity index is 1.63. The molecule has 1 aliphatic carbocycles. The number of carbonyl (C=O) groups is 1. The van der Waals surface area contributed by atoms with Crippen molar-refractivity contribution in [3.05, 3.63) is 117 Å². The summed E-state index contributed by atoms with van der Waals surface area (Å²) >= 11 is 0.411. The molecule has 1 aromatic heterocycles. The molecule has 1 heterocycles. The van der Waals surface area contributed by atoms with E-state index in [9.17, 15) is 29.9 Å². The molecule has 0 radical (unpaired) electrons. The molecule has 6 nitrogen and oxygen atoms in total. The number of hydrogen-bond donors (Lipinski definition) is 0. The van der Waals surface area contributed by atoms with Gasteiger partial charge in [0.25, 0.3) is 5.56 Å². The molecule has 11 heteroatoms. The van der Waals surface area contributed by atoms with Gasteiger partial charge in [0.2, 0.25) is 5.91 Å². The Morgan fingerprint density at radius 2 is 1.65 bits per heavy atom. The molecule has 5 rings (SSSR count). The Morgan fingerprint density at radius 3 is 2.25 bits per heavy atom. The predicted octanol–water partition coefficient (Wildman–Crippen LogP) is 7.47. The van der Waals surface area contributed by atoms with Crippen LogP contribution in [0.15, 0.2) is 82.7 Å². The fraction of sp³-hybridized carbons (Fsp3) is 0.378. The highest BCUT2D eigenvalue weighted by Crippen LogP contribution is 2.32. The zero-order chi connectivity index (χ0) is 44.2. The summed E-state index contributed by atoms with van der Waals surface area (Å²) in [6, 6.07) is 7.35. The van der Waals surface area contributed by atoms with Gasteiger partial charge in [0.15, 0.2) is 5.16 Å². The van der Waals surface area contributed by atoms with Crippen LogP contribution in [0.5, 0.6) is 0 Å². The van der Waals surface area contributed by atoms with Crippen molar-refractivity contribution in [1.82, 2.24) is 19.4 Å². The maximum Gasteiger partial charge on any atom is 0.416 e. The van der Waals surface area contributed by atoms with Crippen molar-refractivity contribution in [3.63, 3.8) is 0 Å². The highest BCUT2D eigenvalue weighted by Gasteiger charge is 2.30. The fourth-order valence-corrected chi connectivity index (χ4v) is 5.79. The number of benzene rings is 3. The number of halogens is 4. The third-order valence-corrected chi connectivity index (χ3v) is 8.59. The number of amides is 1. The minimum atomic E-state index is -4.52. The number of alkyl halides is 3. The normalized spacial score (nSPS) is 21.6. The second-order valence-electron chi connectivity index (χ2n) is 10.9. The molecular formula is C37H40F4N4O2S. The van der Waals surface area contributed by atoms with Crippen LogP contribution in [0.1, 0.15) is 63.8 Å². The number of nitrogens with zero attached hydrogens (tertiary/aromatic N) is 4. The number of thioether (sulfide) groups is 1. The highest BCUT2D eigenvalue weighted by atomic mass is 32.2. The van der Waals surface area contributed by atoms with Crippen molar-refractivity contribution in [2.24, 2.45) is 5.89 Å². The second-order valence-corrected chi connectivity index (χ2v) is 11.8. The lowest BCUT2D eigenvalue weighted by molar-refractivity contribution is -0.137. The van der Waals surface area contributed by atoms with Gasteiger partial charge in [0.1, 0.15) is 12.3 Å². The van der Waals surface area contributed by atoms with Crippen LogP contribution in [-0.2, 0) is 42.5 Å². The summed E-state index contributed by atoms with van der Waals surface area (Å²) in [6.07, 6.45) is -10.7. The van der Waals surface area contributed by atoms with Crippen molar-refractivity contribution in [3.8, 4) is 11.1 Å². The third kappa shape index (κ3) is 8.73. The van der Waals surface area contributed by atoms with Gasteiger partial charge in [0.05, 0.1) is 13.8 Å². The molecule has 1 unspecified atom stereocenters. The average molecular weight is 692 g/mol. The van der Waals surface area contributed by atoms with Crippen molar-refractivity contribution in [1.29, 1.82) is 0 Å². The Morgan fingerprint density at radius 1 is 1.02 bits per heavy atom. The van der Waals surface area contributed by atoms with E-state index in [0.29, 0.717) is 46.1 Å². The van der Waals surface area contributed by atoms with Gasteiger partial charge >= 0.3 is 6.18 Å². The van der Waals surface area contributed by atoms with Crippen LogP contribution in [0.3, 0.4) is 0 Å². The maximum atomic E-state index is 14.7. The van der Waals surface area contributed by atoms with E-state index in [2.05, 4.69) is 4.98 Å². The lowest BCUT2D eigenvalue weighted by atomic mass is 10.0. The number of likely N-dealkylation sites (N-methyl/N-ethyl adjacent to an activating group) is 1. The number of aromatic nitrogens is 2. The summed E-state index contributed by atoms with van der Waals surface area (Å²) in [5, 5.41) is -0.713. The second kappa shape index (κ2) is 15.5. The molecule has 4 aromatic rings. The lowest BCUT2D eigenvalue weighted by Gasteiger charge is -2.28. The molecular weight excluding hydrogens is 640 g/mol. The molecule has 0 saturated heterocycles. The molecule has 48 heavy (non-hydrogen) atoms. The van der Waals surface area contributed by atoms with Gasteiger partial charge in [-0.2, -0.15) is 18.2 Å². The topological polar surface area (TPSA) is 58.4 Å². The van der Waals surface area contributed by atoms with Gasteiger partial charge in [-0.3, -0.25) is 9.59 Å². The Hall–Kier alpha value is -3.96. The summed E-state index contributed by atoms with van der Waals surface area (Å²) in [5.74, 6) is -6.08. The van der Waals surface area contributed by atoms with E-state index in [1.165, 1.54) is 12.1 Å². The van der Waals surface area contributed by atoms with E-state index in [1.54, 1.807) is 24.3 Å². The largest absolute Gasteiger partial charge is 0.416 e. The van der Waals surface area contributed by atoms with Crippen LogP contribution in [0.25, 0.3) is 11.1 Å². The Bertz CT molecular complexity index is 2280. The molecule has 1 amide bonds. The van der Waals surface area contributed by atoms with Crippen LogP contribution in [0.4, 0.5) is 17.6 Å². The lowest BCUT2D eigenvalue weighted by Crippen LogP contribution is -2.40. The summed E-state index contributed by atoms with van der Waals surface area (Å²) in [7, 11) is 0. The van der Waals surface area contributed by atoms with Gasteiger partial charge in [-0.25, -0.2) is 4.39 Å². The SMILES string of the molecule is [2H]c1c([2H])c(CSc2nc(=O)c3c(n2C([2H])([2H])C(=O)N(CCN(CC)CC)Cc2ccc(-c4ccc(C(F)(F)F)cc4)cc2)C([2H])([2H])C([2H])(C)C3([2H])[2H])c([2H])c([2H])c1F. The first-order chi connectivity index (χ1) is 27.2. The first-order valence-electron chi connectivity index (χ1n) is 20.6. The Labute approximate surface area is 298 Å². The number of fused-ring (bicyclic) bond motifs is 1. The van der Waals surface area contributed by atoms with E-state index in [0.717, 1.165) is 24.0 Å². The number of rotatable bonds is 13. The van der Waals surface area contributed by atoms with Crippen LogP contribution >= 0.6 is 11.8 Å². The molecule has 3 aromatic carbocycles. The Kier molecular flexibility index (Phi) is 7.56. The summed E-state index contributed by atoms with van der Waals surface area (Å²) in [4.78, 5) is 35.3. The van der Waals surface area contributed by atoms with Gasteiger partial charge in [0, 0.05) is 43.5 Å². The minimum Gasteiger partial charge on any atom is -0.336 e. The summed E-state index contributed by atoms with van der Waals surface area (Å²) in [6.45, 7) is 2.27. The molecule has 0 N–H and O–H groups in total. The zero-order valence-electron chi connectivity index (χ0n) is 37.4.